The van der Waals surface area contributed by atoms with Crippen LogP contribution in [0.2, 0.25) is 0 Å². The normalized spacial score (nSPS) is 11.8. The van der Waals surface area contributed by atoms with E-state index >= 15 is 0 Å². The van der Waals surface area contributed by atoms with Crippen LogP contribution in [0.1, 0.15) is 6.42 Å². The first kappa shape index (κ1) is 19.7. The van der Waals surface area contributed by atoms with Crippen molar-refractivity contribution in [1.82, 2.24) is 0 Å². The number of aliphatic carboxylic acids is 2. The molecule has 78 valence electrons. The van der Waals surface area contributed by atoms with Gasteiger partial charge in [0.25, 0.3) is 10.1 Å². The fourth-order valence-electron chi connectivity index (χ4n) is 0.479. The minimum absolute atomic E-state index is 0. The SMILES string of the molecule is O=C(O)CC(C(=O)O)S(=O)(=O)O.[Cl-].[Na+]. The Balaban J connectivity index is -0.000000605. The summed E-state index contributed by atoms with van der Waals surface area (Å²) in [7, 11) is -4.84. The average molecular weight is 257 g/mol. The molecule has 0 amide bonds. The molecule has 0 aromatic rings. The summed E-state index contributed by atoms with van der Waals surface area (Å²) in [6.45, 7) is 0. The van der Waals surface area contributed by atoms with E-state index in [2.05, 4.69) is 0 Å². The smallest absolute Gasteiger partial charge is 1.00 e. The molecule has 0 heterocycles. The Bertz CT molecular complexity index is 299. The zero-order valence-corrected chi connectivity index (χ0v) is 10.6. The minimum Gasteiger partial charge on any atom is -1.00 e. The van der Waals surface area contributed by atoms with Gasteiger partial charge in [-0.15, -0.1) is 0 Å². The average Bonchev–Trinajstić information content (AvgIpc) is 1.79. The Morgan fingerprint density at radius 2 is 1.57 bits per heavy atom. The van der Waals surface area contributed by atoms with Gasteiger partial charge in [-0.1, -0.05) is 0 Å². The summed E-state index contributed by atoms with van der Waals surface area (Å²) in [5, 5.41) is 13.9. The van der Waals surface area contributed by atoms with Crippen molar-refractivity contribution >= 4 is 22.1 Å². The van der Waals surface area contributed by atoms with Crippen molar-refractivity contribution in [3.05, 3.63) is 0 Å². The molecule has 0 saturated heterocycles. The van der Waals surface area contributed by atoms with Gasteiger partial charge in [-0.05, 0) is 0 Å². The number of carboxylic acid groups (broad SMARTS) is 2. The molecule has 0 fully saturated rings. The molecule has 10 heteroatoms. The van der Waals surface area contributed by atoms with Gasteiger partial charge in [-0.25, -0.2) is 0 Å². The molecule has 0 aliphatic heterocycles. The molecule has 0 saturated carbocycles. The predicted octanol–water partition coefficient (Wildman–Crippen LogP) is -7.19. The van der Waals surface area contributed by atoms with Crippen LogP contribution in [-0.4, -0.2) is 40.4 Å². The summed E-state index contributed by atoms with van der Waals surface area (Å²) in [4.78, 5) is 20.0. The first-order valence-corrected chi connectivity index (χ1v) is 4.16. The summed E-state index contributed by atoms with van der Waals surface area (Å²) in [5.74, 6) is -3.50. The second-order valence-corrected chi connectivity index (χ2v) is 3.54. The van der Waals surface area contributed by atoms with E-state index in [-0.39, 0.29) is 42.0 Å². The second kappa shape index (κ2) is 7.43. The molecule has 0 aliphatic rings. The fraction of sp³-hybridized carbons (Fsp3) is 0.500. The summed E-state index contributed by atoms with van der Waals surface area (Å²) < 4.78 is 28.7. The van der Waals surface area contributed by atoms with Crippen LogP contribution in [-0.2, 0) is 19.7 Å². The summed E-state index contributed by atoms with van der Waals surface area (Å²) in [5.41, 5.74) is 0. The van der Waals surface area contributed by atoms with Gasteiger partial charge in [0.1, 0.15) is 0 Å². The largest absolute Gasteiger partial charge is 1.00 e. The van der Waals surface area contributed by atoms with Gasteiger partial charge in [0.15, 0.2) is 5.25 Å². The van der Waals surface area contributed by atoms with E-state index in [4.69, 9.17) is 14.8 Å². The molecule has 1 unspecified atom stereocenters. The van der Waals surface area contributed by atoms with E-state index in [9.17, 15) is 18.0 Å². The molecule has 3 N–H and O–H groups in total. The molecular weight excluding hydrogens is 251 g/mol. The Kier molecular flexibility index (Phi) is 10.4. The standard InChI is InChI=1S/C4H6O7S.ClH.Na/c5-3(6)1-2(4(7)8)12(9,10)11;;/h2H,1H2,(H,5,6)(H,7,8)(H,9,10,11);1H;/q;;+1/p-1. The quantitative estimate of drug-likeness (QED) is 0.337. The van der Waals surface area contributed by atoms with Crippen molar-refractivity contribution in [2.75, 3.05) is 0 Å². The number of halogens is 1. The van der Waals surface area contributed by atoms with Crippen molar-refractivity contribution in [2.45, 2.75) is 11.7 Å². The van der Waals surface area contributed by atoms with Crippen LogP contribution in [0, 0.1) is 0 Å². The topological polar surface area (TPSA) is 129 Å². The van der Waals surface area contributed by atoms with E-state index in [0.29, 0.717) is 0 Å². The van der Waals surface area contributed by atoms with Crippen LogP contribution in [0.25, 0.3) is 0 Å². The zero-order chi connectivity index (χ0) is 9.94. The zero-order valence-electron chi connectivity index (χ0n) is 7.05. The molecular formula is C4H6ClNaO7S. The van der Waals surface area contributed by atoms with Crippen LogP contribution in [0.4, 0.5) is 0 Å². The van der Waals surface area contributed by atoms with Crippen LogP contribution in [0.5, 0.6) is 0 Å². The molecule has 0 radical (unpaired) electrons. The van der Waals surface area contributed by atoms with Crippen LogP contribution in [0.3, 0.4) is 0 Å². The van der Waals surface area contributed by atoms with E-state index in [0.717, 1.165) is 0 Å². The molecule has 0 rings (SSSR count). The number of rotatable bonds is 4. The number of carboxylic acids is 2. The van der Waals surface area contributed by atoms with Gasteiger partial charge in [0.05, 0.1) is 6.42 Å². The monoisotopic (exact) mass is 256 g/mol. The van der Waals surface area contributed by atoms with Gasteiger partial charge in [0.2, 0.25) is 0 Å². The first-order valence-electron chi connectivity index (χ1n) is 2.66. The Morgan fingerprint density at radius 1 is 1.21 bits per heavy atom. The van der Waals surface area contributed by atoms with Gasteiger partial charge in [0, 0.05) is 0 Å². The Morgan fingerprint density at radius 3 is 1.64 bits per heavy atom. The van der Waals surface area contributed by atoms with Gasteiger partial charge < -0.3 is 22.6 Å². The van der Waals surface area contributed by atoms with Crippen LogP contribution in [0.15, 0.2) is 0 Å². The van der Waals surface area contributed by atoms with Crippen molar-refractivity contribution in [3.8, 4) is 0 Å². The van der Waals surface area contributed by atoms with Crippen LogP contribution < -0.4 is 42.0 Å². The maximum atomic E-state index is 10.2. The molecule has 0 aromatic heterocycles. The molecule has 7 nitrogen and oxygen atoms in total. The molecule has 0 aromatic carbocycles. The van der Waals surface area contributed by atoms with Crippen molar-refractivity contribution in [1.29, 1.82) is 0 Å². The maximum Gasteiger partial charge on any atom is 1.00 e. The third kappa shape index (κ3) is 7.54. The Hall–Kier alpha value is 0.140. The predicted molar refractivity (Wildman–Crippen MR) is 35.2 cm³/mol. The van der Waals surface area contributed by atoms with Gasteiger partial charge in [-0.2, -0.15) is 8.42 Å². The first-order chi connectivity index (χ1) is 5.25. The minimum atomic E-state index is -4.84. The van der Waals surface area contributed by atoms with Crippen molar-refractivity contribution < 1.29 is 74.7 Å². The molecule has 0 aliphatic carbocycles. The third-order valence-electron chi connectivity index (χ3n) is 0.995. The van der Waals surface area contributed by atoms with Gasteiger partial charge >= 0.3 is 41.5 Å². The molecule has 0 spiro atoms. The second-order valence-electron chi connectivity index (χ2n) is 1.94. The van der Waals surface area contributed by atoms with E-state index < -0.39 is 33.7 Å². The summed E-state index contributed by atoms with van der Waals surface area (Å²) in [6.07, 6.45) is -1.16. The number of carbonyl (C=O) groups is 2. The summed E-state index contributed by atoms with van der Waals surface area (Å²) in [6, 6.07) is 0. The maximum absolute atomic E-state index is 10.2. The Labute approximate surface area is 108 Å². The van der Waals surface area contributed by atoms with Gasteiger partial charge in [-0.3, -0.25) is 14.1 Å². The number of hydrogen-bond donors (Lipinski definition) is 3. The van der Waals surface area contributed by atoms with E-state index in [1.807, 2.05) is 0 Å². The third-order valence-corrected chi connectivity index (χ3v) is 2.08. The summed E-state index contributed by atoms with van der Waals surface area (Å²) >= 11 is 0. The molecule has 14 heavy (non-hydrogen) atoms. The molecule has 1 atom stereocenters. The van der Waals surface area contributed by atoms with Crippen molar-refractivity contribution in [2.24, 2.45) is 0 Å². The molecule has 0 bridgehead atoms. The van der Waals surface area contributed by atoms with Crippen LogP contribution >= 0.6 is 0 Å². The fourth-order valence-corrected chi connectivity index (χ4v) is 1.09. The van der Waals surface area contributed by atoms with Crippen molar-refractivity contribution in [3.63, 3.8) is 0 Å². The number of hydrogen-bond acceptors (Lipinski definition) is 4. The van der Waals surface area contributed by atoms with E-state index in [1.54, 1.807) is 0 Å². The van der Waals surface area contributed by atoms with E-state index in [1.165, 1.54) is 0 Å².